The molecule has 0 bridgehead atoms. The number of alkyl halides is 1. The van der Waals surface area contributed by atoms with Gasteiger partial charge >= 0.3 is 6.09 Å². The first kappa shape index (κ1) is 16.2. The summed E-state index contributed by atoms with van der Waals surface area (Å²) in [4.78, 5) is 16.7. The quantitative estimate of drug-likeness (QED) is 0.721. The van der Waals surface area contributed by atoms with Crippen molar-refractivity contribution < 1.29 is 18.3 Å². The fourth-order valence-corrected chi connectivity index (χ4v) is 2.48. The van der Waals surface area contributed by atoms with Crippen molar-refractivity contribution in [2.75, 3.05) is 6.54 Å². The van der Waals surface area contributed by atoms with Crippen LogP contribution in [-0.4, -0.2) is 29.3 Å². The highest BCUT2D eigenvalue weighted by Crippen LogP contribution is 2.36. The molecule has 0 N–H and O–H groups in total. The first-order chi connectivity index (χ1) is 10.2. The standard InChI is InChI=1S/C16H18F2N2O2/c1-16(2,3)22-15(21)20-9-12(18)8-14(20)10-5-11(17)7-13(6-10)19-4/h5-7,12,14H,8-9H2,1-3H3/t12-,14?/m0/s1. The van der Waals surface area contributed by atoms with E-state index < -0.39 is 29.7 Å². The number of ether oxygens (including phenoxy) is 1. The Balaban J connectivity index is 2.30. The maximum atomic E-state index is 13.8. The van der Waals surface area contributed by atoms with Crippen molar-refractivity contribution in [3.05, 3.63) is 41.0 Å². The molecular formula is C16H18F2N2O2. The van der Waals surface area contributed by atoms with Crippen molar-refractivity contribution in [1.82, 2.24) is 4.90 Å². The zero-order valence-corrected chi connectivity index (χ0v) is 12.8. The minimum absolute atomic E-state index is 0.0696. The molecule has 4 nitrogen and oxygen atoms in total. The van der Waals surface area contributed by atoms with Crippen molar-refractivity contribution in [1.29, 1.82) is 0 Å². The third-order valence-electron chi connectivity index (χ3n) is 3.30. The molecule has 1 saturated heterocycles. The summed E-state index contributed by atoms with van der Waals surface area (Å²) in [6.07, 6.45) is -1.76. The van der Waals surface area contributed by atoms with E-state index in [1.54, 1.807) is 20.8 Å². The molecule has 2 rings (SSSR count). The van der Waals surface area contributed by atoms with Gasteiger partial charge in [-0.05, 0) is 38.5 Å². The zero-order chi connectivity index (χ0) is 16.5. The molecule has 1 aliphatic heterocycles. The Hall–Kier alpha value is -2.16. The summed E-state index contributed by atoms with van der Waals surface area (Å²) < 4.78 is 32.6. The van der Waals surface area contributed by atoms with Crippen molar-refractivity contribution in [3.8, 4) is 0 Å². The summed E-state index contributed by atoms with van der Waals surface area (Å²) in [7, 11) is 0. The van der Waals surface area contributed by atoms with Crippen LogP contribution in [0, 0.1) is 12.4 Å². The molecule has 1 fully saturated rings. The maximum Gasteiger partial charge on any atom is 0.410 e. The number of amides is 1. The second-order valence-electron chi connectivity index (χ2n) is 6.34. The van der Waals surface area contributed by atoms with Gasteiger partial charge in [0.2, 0.25) is 0 Å². The predicted molar refractivity (Wildman–Crippen MR) is 77.9 cm³/mol. The summed E-state index contributed by atoms with van der Waals surface area (Å²) in [5.74, 6) is -0.574. The summed E-state index contributed by atoms with van der Waals surface area (Å²) in [6, 6.07) is 3.20. The molecule has 0 radical (unpaired) electrons. The van der Waals surface area contributed by atoms with Crippen molar-refractivity contribution in [3.63, 3.8) is 0 Å². The Kier molecular flexibility index (Phi) is 4.36. The fraction of sp³-hybridized carbons (Fsp3) is 0.500. The van der Waals surface area contributed by atoms with Crippen LogP contribution in [0.4, 0.5) is 19.3 Å². The monoisotopic (exact) mass is 308 g/mol. The SMILES string of the molecule is [C-]#[N+]c1cc(F)cc(C2C[C@H](F)CN2C(=O)OC(C)(C)C)c1. The number of carbonyl (C=O) groups excluding carboxylic acids is 1. The van der Waals surface area contributed by atoms with Crippen LogP contribution in [0.25, 0.3) is 4.85 Å². The van der Waals surface area contributed by atoms with Gasteiger partial charge in [-0.15, -0.1) is 0 Å². The summed E-state index contributed by atoms with van der Waals surface area (Å²) in [5, 5.41) is 0. The molecule has 0 spiro atoms. The number of halogens is 2. The van der Waals surface area contributed by atoms with Crippen LogP contribution in [0.1, 0.15) is 38.8 Å². The third kappa shape index (κ3) is 3.73. The van der Waals surface area contributed by atoms with E-state index in [4.69, 9.17) is 11.3 Å². The summed E-state index contributed by atoms with van der Waals surface area (Å²) in [5.41, 5.74) is -0.155. The number of carbonyl (C=O) groups is 1. The van der Waals surface area contributed by atoms with Crippen molar-refractivity contribution >= 4 is 11.8 Å². The maximum absolute atomic E-state index is 13.8. The highest BCUT2D eigenvalue weighted by atomic mass is 19.1. The lowest BCUT2D eigenvalue weighted by Gasteiger charge is -2.28. The zero-order valence-electron chi connectivity index (χ0n) is 12.8. The molecule has 0 aliphatic carbocycles. The van der Waals surface area contributed by atoms with Gasteiger partial charge in [0.25, 0.3) is 0 Å². The van der Waals surface area contributed by atoms with Gasteiger partial charge in [0.1, 0.15) is 17.6 Å². The van der Waals surface area contributed by atoms with E-state index in [2.05, 4.69) is 4.85 Å². The van der Waals surface area contributed by atoms with Gasteiger partial charge in [-0.1, -0.05) is 6.07 Å². The lowest BCUT2D eigenvalue weighted by Crippen LogP contribution is -2.37. The average Bonchev–Trinajstić information content (AvgIpc) is 2.78. The molecule has 6 heteroatoms. The number of benzene rings is 1. The molecule has 1 heterocycles. The second kappa shape index (κ2) is 5.91. The lowest BCUT2D eigenvalue weighted by atomic mass is 10.0. The average molecular weight is 308 g/mol. The van der Waals surface area contributed by atoms with Crippen molar-refractivity contribution in [2.24, 2.45) is 0 Å². The van der Waals surface area contributed by atoms with Crippen LogP contribution >= 0.6 is 0 Å². The molecule has 0 saturated carbocycles. The van der Waals surface area contributed by atoms with Gasteiger partial charge in [0.15, 0.2) is 5.69 Å². The van der Waals surface area contributed by atoms with Gasteiger partial charge in [-0.25, -0.2) is 18.4 Å². The lowest BCUT2D eigenvalue weighted by molar-refractivity contribution is 0.0216. The topological polar surface area (TPSA) is 33.9 Å². The van der Waals surface area contributed by atoms with E-state index in [0.717, 1.165) is 6.07 Å². The van der Waals surface area contributed by atoms with Gasteiger partial charge in [0.05, 0.1) is 19.2 Å². The predicted octanol–water partition coefficient (Wildman–Crippen LogP) is 4.40. The number of nitrogens with zero attached hydrogens (tertiary/aromatic N) is 2. The van der Waals surface area contributed by atoms with E-state index in [1.165, 1.54) is 17.0 Å². The largest absolute Gasteiger partial charge is 0.444 e. The molecule has 1 aromatic rings. The molecule has 1 amide bonds. The molecule has 1 aliphatic rings. The van der Waals surface area contributed by atoms with Crippen molar-refractivity contribution in [2.45, 2.75) is 45.0 Å². The second-order valence-corrected chi connectivity index (χ2v) is 6.34. The highest BCUT2D eigenvalue weighted by molar-refractivity contribution is 5.69. The first-order valence-electron chi connectivity index (χ1n) is 7.01. The van der Waals surface area contributed by atoms with E-state index in [9.17, 15) is 13.6 Å². The first-order valence-corrected chi connectivity index (χ1v) is 7.01. The summed E-state index contributed by atoms with van der Waals surface area (Å²) in [6.45, 7) is 12.1. The number of likely N-dealkylation sites (tertiary alicyclic amines) is 1. The van der Waals surface area contributed by atoms with E-state index in [0.29, 0.717) is 5.56 Å². The molecule has 22 heavy (non-hydrogen) atoms. The molecule has 1 unspecified atom stereocenters. The van der Waals surface area contributed by atoms with E-state index in [-0.39, 0.29) is 18.7 Å². The van der Waals surface area contributed by atoms with E-state index >= 15 is 0 Å². The Labute approximate surface area is 128 Å². The van der Waals surface area contributed by atoms with Crippen LogP contribution < -0.4 is 0 Å². The highest BCUT2D eigenvalue weighted by Gasteiger charge is 2.38. The number of rotatable bonds is 1. The minimum Gasteiger partial charge on any atom is -0.444 e. The molecular weight excluding hydrogens is 290 g/mol. The van der Waals surface area contributed by atoms with Crippen LogP contribution in [0.15, 0.2) is 18.2 Å². The van der Waals surface area contributed by atoms with Crippen LogP contribution in [0.2, 0.25) is 0 Å². The van der Waals surface area contributed by atoms with Gasteiger partial charge < -0.3 is 4.74 Å². The van der Waals surface area contributed by atoms with Crippen LogP contribution in [-0.2, 0) is 4.74 Å². The number of hydrogen-bond acceptors (Lipinski definition) is 2. The number of hydrogen-bond donors (Lipinski definition) is 0. The fourth-order valence-electron chi connectivity index (χ4n) is 2.48. The summed E-state index contributed by atoms with van der Waals surface area (Å²) >= 11 is 0. The van der Waals surface area contributed by atoms with E-state index in [1.807, 2.05) is 0 Å². The normalized spacial score (nSPS) is 21.5. The Morgan fingerprint density at radius 1 is 1.41 bits per heavy atom. The van der Waals surface area contributed by atoms with Gasteiger partial charge in [-0.2, -0.15) is 0 Å². The van der Waals surface area contributed by atoms with Gasteiger partial charge in [-0.3, -0.25) is 4.90 Å². The minimum atomic E-state index is -1.20. The molecule has 2 atom stereocenters. The van der Waals surface area contributed by atoms with Crippen LogP contribution in [0.5, 0.6) is 0 Å². The van der Waals surface area contributed by atoms with Gasteiger partial charge in [0, 0.05) is 6.42 Å². The molecule has 1 aromatic carbocycles. The smallest absolute Gasteiger partial charge is 0.410 e. The molecule has 0 aromatic heterocycles. The Bertz CT molecular complexity index is 620. The third-order valence-corrected chi connectivity index (χ3v) is 3.30. The Morgan fingerprint density at radius 2 is 2.09 bits per heavy atom. The molecule has 118 valence electrons. The van der Waals surface area contributed by atoms with Crippen LogP contribution in [0.3, 0.4) is 0 Å². The Morgan fingerprint density at radius 3 is 2.68 bits per heavy atom.